The molecule has 5 heteroatoms. The molecule has 0 aromatic heterocycles. The molecule has 0 bridgehead atoms. The SMILES string of the molecule is COc1ccc(CCC(=O)Nc2ccc3c(c2)Cc2ccccc2-3)c(OC)c1OC. The van der Waals surface area contributed by atoms with Gasteiger partial charge in [0.25, 0.3) is 0 Å². The molecule has 0 atom stereocenters. The molecule has 1 amide bonds. The van der Waals surface area contributed by atoms with E-state index < -0.39 is 0 Å². The summed E-state index contributed by atoms with van der Waals surface area (Å²) in [6, 6.07) is 18.3. The molecule has 30 heavy (non-hydrogen) atoms. The van der Waals surface area contributed by atoms with Gasteiger partial charge in [-0.15, -0.1) is 0 Å². The first-order valence-electron chi connectivity index (χ1n) is 9.93. The fourth-order valence-corrected chi connectivity index (χ4v) is 4.05. The number of nitrogens with one attached hydrogen (secondary N) is 1. The van der Waals surface area contributed by atoms with Crippen molar-refractivity contribution in [3.8, 4) is 28.4 Å². The van der Waals surface area contributed by atoms with E-state index in [0.717, 1.165) is 17.7 Å². The molecule has 0 radical (unpaired) electrons. The van der Waals surface area contributed by atoms with Gasteiger partial charge in [-0.1, -0.05) is 36.4 Å². The molecule has 0 fully saturated rings. The number of anilines is 1. The standard InChI is InChI=1S/C25H25NO4/c1-28-22-12-8-16(24(29-2)25(22)30-3)9-13-23(27)26-19-10-11-21-18(15-19)14-17-6-4-5-7-20(17)21/h4-8,10-12,15H,9,13-14H2,1-3H3,(H,26,27). The highest BCUT2D eigenvalue weighted by molar-refractivity contribution is 5.92. The molecule has 0 saturated heterocycles. The molecule has 0 unspecified atom stereocenters. The number of fused-ring (bicyclic) bond motifs is 3. The van der Waals surface area contributed by atoms with Crippen LogP contribution in [0.5, 0.6) is 17.2 Å². The number of carbonyl (C=O) groups is 1. The van der Waals surface area contributed by atoms with Crippen LogP contribution >= 0.6 is 0 Å². The Hall–Kier alpha value is -3.47. The van der Waals surface area contributed by atoms with Gasteiger partial charge >= 0.3 is 0 Å². The normalized spacial score (nSPS) is 11.4. The number of methoxy groups -OCH3 is 3. The van der Waals surface area contributed by atoms with E-state index >= 15 is 0 Å². The van der Waals surface area contributed by atoms with E-state index in [1.165, 1.54) is 22.3 Å². The van der Waals surface area contributed by atoms with Crippen LogP contribution in [0.3, 0.4) is 0 Å². The van der Waals surface area contributed by atoms with Crippen LogP contribution in [0.15, 0.2) is 54.6 Å². The monoisotopic (exact) mass is 403 g/mol. The quantitative estimate of drug-likeness (QED) is 0.479. The van der Waals surface area contributed by atoms with Crippen LogP contribution in [0.2, 0.25) is 0 Å². The Bertz CT molecular complexity index is 1090. The van der Waals surface area contributed by atoms with Crippen molar-refractivity contribution in [2.75, 3.05) is 26.6 Å². The number of hydrogen-bond donors (Lipinski definition) is 1. The highest BCUT2D eigenvalue weighted by Crippen LogP contribution is 2.40. The lowest BCUT2D eigenvalue weighted by atomic mass is 10.1. The maximum absolute atomic E-state index is 12.6. The van der Waals surface area contributed by atoms with Crippen molar-refractivity contribution in [3.05, 3.63) is 71.3 Å². The lowest BCUT2D eigenvalue weighted by molar-refractivity contribution is -0.116. The van der Waals surface area contributed by atoms with E-state index in [-0.39, 0.29) is 5.91 Å². The van der Waals surface area contributed by atoms with Crippen LogP contribution in [0.4, 0.5) is 5.69 Å². The Labute approximate surface area is 176 Å². The van der Waals surface area contributed by atoms with Crippen LogP contribution in [0, 0.1) is 0 Å². The van der Waals surface area contributed by atoms with Gasteiger partial charge < -0.3 is 19.5 Å². The summed E-state index contributed by atoms with van der Waals surface area (Å²) in [5, 5.41) is 3.02. The van der Waals surface area contributed by atoms with Gasteiger partial charge in [-0.2, -0.15) is 0 Å². The van der Waals surface area contributed by atoms with Crippen molar-refractivity contribution in [2.24, 2.45) is 0 Å². The Morgan fingerprint density at radius 1 is 0.867 bits per heavy atom. The molecule has 1 aliphatic rings. The van der Waals surface area contributed by atoms with E-state index in [2.05, 4.69) is 41.7 Å². The summed E-state index contributed by atoms with van der Waals surface area (Å²) in [6.07, 6.45) is 1.77. The zero-order chi connectivity index (χ0) is 21.1. The van der Waals surface area contributed by atoms with Gasteiger partial charge in [0, 0.05) is 12.1 Å². The fraction of sp³-hybridized carbons (Fsp3) is 0.240. The number of ether oxygens (including phenoxy) is 3. The lowest BCUT2D eigenvalue weighted by Gasteiger charge is -2.15. The van der Waals surface area contributed by atoms with Gasteiger partial charge in [-0.25, -0.2) is 0 Å². The molecular weight excluding hydrogens is 378 g/mol. The first kappa shape index (κ1) is 19.8. The summed E-state index contributed by atoms with van der Waals surface area (Å²) >= 11 is 0. The minimum atomic E-state index is -0.0395. The van der Waals surface area contributed by atoms with E-state index in [1.807, 2.05) is 18.2 Å². The van der Waals surface area contributed by atoms with Gasteiger partial charge in [0.15, 0.2) is 11.5 Å². The van der Waals surface area contributed by atoms with Crippen LogP contribution in [0.1, 0.15) is 23.1 Å². The third-order valence-corrected chi connectivity index (χ3v) is 5.48. The molecule has 0 spiro atoms. The molecule has 154 valence electrons. The third kappa shape index (κ3) is 3.71. The molecule has 0 saturated carbocycles. The second-order valence-corrected chi connectivity index (χ2v) is 7.25. The zero-order valence-electron chi connectivity index (χ0n) is 17.5. The Morgan fingerprint density at radius 3 is 2.40 bits per heavy atom. The predicted molar refractivity (Wildman–Crippen MR) is 118 cm³/mol. The summed E-state index contributed by atoms with van der Waals surface area (Å²) in [5.74, 6) is 1.69. The number of hydrogen-bond acceptors (Lipinski definition) is 4. The Morgan fingerprint density at radius 2 is 1.63 bits per heavy atom. The first-order chi connectivity index (χ1) is 14.6. The fourth-order valence-electron chi connectivity index (χ4n) is 4.05. The summed E-state index contributed by atoms with van der Waals surface area (Å²) in [6.45, 7) is 0. The molecule has 4 rings (SSSR count). The largest absolute Gasteiger partial charge is 0.493 e. The Kier molecular flexibility index (Phi) is 5.61. The molecule has 0 heterocycles. The second-order valence-electron chi connectivity index (χ2n) is 7.25. The zero-order valence-corrected chi connectivity index (χ0v) is 17.5. The topological polar surface area (TPSA) is 56.8 Å². The summed E-state index contributed by atoms with van der Waals surface area (Å²) < 4.78 is 16.2. The number of aryl methyl sites for hydroxylation is 1. The van der Waals surface area contributed by atoms with Crippen molar-refractivity contribution >= 4 is 11.6 Å². The molecule has 1 aliphatic carbocycles. The van der Waals surface area contributed by atoms with E-state index in [4.69, 9.17) is 14.2 Å². The van der Waals surface area contributed by atoms with Gasteiger partial charge in [-0.05, 0) is 58.9 Å². The van der Waals surface area contributed by atoms with Crippen molar-refractivity contribution in [1.29, 1.82) is 0 Å². The van der Waals surface area contributed by atoms with Crippen LogP contribution in [-0.2, 0) is 17.6 Å². The lowest BCUT2D eigenvalue weighted by Crippen LogP contribution is -2.13. The van der Waals surface area contributed by atoms with Crippen LogP contribution < -0.4 is 19.5 Å². The van der Waals surface area contributed by atoms with Gasteiger partial charge in [0.05, 0.1) is 21.3 Å². The third-order valence-electron chi connectivity index (χ3n) is 5.48. The highest BCUT2D eigenvalue weighted by Gasteiger charge is 2.19. The smallest absolute Gasteiger partial charge is 0.224 e. The van der Waals surface area contributed by atoms with Crippen molar-refractivity contribution in [1.82, 2.24) is 0 Å². The summed E-state index contributed by atoms with van der Waals surface area (Å²) in [5.41, 5.74) is 6.83. The average molecular weight is 403 g/mol. The molecular formula is C25H25NO4. The number of amides is 1. The van der Waals surface area contributed by atoms with Crippen LogP contribution in [-0.4, -0.2) is 27.2 Å². The van der Waals surface area contributed by atoms with E-state index in [9.17, 15) is 4.79 Å². The predicted octanol–water partition coefficient (Wildman–Crippen LogP) is 4.85. The molecule has 1 N–H and O–H groups in total. The van der Waals surface area contributed by atoms with Crippen molar-refractivity contribution in [2.45, 2.75) is 19.3 Å². The second kappa shape index (κ2) is 8.49. The van der Waals surface area contributed by atoms with Crippen molar-refractivity contribution < 1.29 is 19.0 Å². The molecule has 3 aromatic rings. The molecule has 5 nitrogen and oxygen atoms in total. The molecule has 0 aliphatic heterocycles. The summed E-state index contributed by atoms with van der Waals surface area (Å²) in [4.78, 5) is 12.6. The van der Waals surface area contributed by atoms with E-state index in [1.54, 1.807) is 21.3 Å². The average Bonchev–Trinajstić information content (AvgIpc) is 3.14. The van der Waals surface area contributed by atoms with Crippen LogP contribution in [0.25, 0.3) is 11.1 Å². The minimum absolute atomic E-state index is 0.0395. The Balaban J connectivity index is 1.43. The first-order valence-corrected chi connectivity index (χ1v) is 9.93. The van der Waals surface area contributed by atoms with Gasteiger partial charge in [0.2, 0.25) is 11.7 Å². The minimum Gasteiger partial charge on any atom is -0.493 e. The summed E-state index contributed by atoms with van der Waals surface area (Å²) in [7, 11) is 4.74. The maximum Gasteiger partial charge on any atom is 0.224 e. The highest BCUT2D eigenvalue weighted by atomic mass is 16.5. The van der Waals surface area contributed by atoms with Gasteiger partial charge in [-0.3, -0.25) is 4.79 Å². The number of carbonyl (C=O) groups excluding carboxylic acids is 1. The van der Waals surface area contributed by atoms with Crippen molar-refractivity contribution in [3.63, 3.8) is 0 Å². The molecule has 3 aromatic carbocycles. The maximum atomic E-state index is 12.6. The number of rotatable bonds is 7. The van der Waals surface area contributed by atoms with Gasteiger partial charge in [0.1, 0.15) is 0 Å². The van der Waals surface area contributed by atoms with E-state index in [0.29, 0.717) is 30.1 Å². The number of benzene rings is 3.